The summed E-state index contributed by atoms with van der Waals surface area (Å²) in [5.74, 6) is 0. The van der Waals surface area contributed by atoms with Crippen LogP contribution in [0.3, 0.4) is 0 Å². The van der Waals surface area contributed by atoms with E-state index in [1.807, 2.05) is 0 Å². The van der Waals surface area contributed by atoms with Gasteiger partial charge in [-0.3, -0.25) is 0 Å². The molecule has 60 valence electrons. The molecule has 0 aromatic rings. The quantitative estimate of drug-likeness (QED) is 0.567. The number of rotatable bonds is 0. The molecule has 2 fully saturated rings. The van der Waals surface area contributed by atoms with Gasteiger partial charge in [0, 0.05) is 24.9 Å². The highest BCUT2D eigenvalue weighted by Gasteiger charge is 2.44. The van der Waals surface area contributed by atoms with Gasteiger partial charge in [0.15, 0.2) is 5.67 Å². The lowest BCUT2D eigenvalue weighted by molar-refractivity contribution is 0.148. The first-order valence-electron chi connectivity index (χ1n) is 4.08. The third kappa shape index (κ3) is 1.12. The topological polar surface area (TPSA) is 35.8 Å². The second-order valence-corrected chi connectivity index (χ2v) is 3.62. The maximum absolute atomic E-state index is 13.4. The second-order valence-electron chi connectivity index (χ2n) is 3.62. The van der Waals surface area contributed by atoms with E-state index < -0.39 is 5.67 Å². The summed E-state index contributed by atoms with van der Waals surface area (Å²) >= 11 is 0. The van der Waals surface area contributed by atoms with Gasteiger partial charge in [-0.25, -0.2) is 4.39 Å². The van der Waals surface area contributed by atoms with Gasteiger partial charge in [-0.05, 0) is 12.8 Å². The molecule has 0 aromatic heterocycles. The van der Waals surface area contributed by atoms with Crippen molar-refractivity contribution in [2.24, 2.45) is 0 Å². The van der Waals surface area contributed by atoms with Crippen LogP contribution in [0.1, 0.15) is 25.7 Å². The highest BCUT2D eigenvalue weighted by atomic mass is 19.1. The van der Waals surface area contributed by atoms with Gasteiger partial charge in [-0.15, -0.1) is 0 Å². The Morgan fingerprint density at radius 1 is 1.36 bits per heavy atom. The summed E-state index contributed by atoms with van der Waals surface area (Å²) in [5, 5.41) is 11.8. The molecule has 2 aliphatic heterocycles. The lowest BCUT2D eigenvalue weighted by atomic mass is 9.91. The summed E-state index contributed by atoms with van der Waals surface area (Å²) in [6, 6.07) is 2.30. The van der Waals surface area contributed by atoms with Crippen LogP contribution in [0.15, 0.2) is 0 Å². The van der Waals surface area contributed by atoms with Gasteiger partial charge in [0.1, 0.15) is 6.07 Å². The second kappa shape index (κ2) is 2.18. The first-order chi connectivity index (χ1) is 5.22. The summed E-state index contributed by atoms with van der Waals surface area (Å²) in [7, 11) is 0. The fourth-order valence-electron chi connectivity index (χ4n) is 2.18. The van der Waals surface area contributed by atoms with Crippen molar-refractivity contribution >= 4 is 0 Å². The van der Waals surface area contributed by atoms with Crippen LogP contribution >= 0.6 is 0 Å². The molecule has 0 radical (unpaired) electrons. The number of nitrogens with zero attached hydrogens (tertiary/aromatic N) is 1. The maximum Gasteiger partial charge on any atom is 0.199 e. The largest absolute Gasteiger partial charge is 0.311 e. The smallest absolute Gasteiger partial charge is 0.199 e. The van der Waals surface area contributed by atoms with E-state index >= 15 is 0 Å². The number of nitrogens with one attached hydrogen (secondary N) is 1. The molecule has 2 unspecified atom stereocenters. The van der Waals surface area contributed by atoms with E-state index in [0.29, 0.717) is 12.8 Å². The molecule has 11 heavy (non-hydrogen) atoms. The predicted molar refractivity (Wildman–Crippen MR) is 38.6 cm³/mol. The van der Waals surface area contributed by atoms with Crippen molar-refractivity contribution in [1.82, 2.24) is 5.32 Å². The van der Waals surface area contributed by atoms with Crippen LogP contribution in [0.2, 0.25) is 0 Å². The van der Waals surface area contributed by atoms with Gasteiger partial charge in [0.2, 0.25) is 0 Å². The van der Waals surface area contributed by atoms with E-state index in [-0.39, 0.29) is 12.1 Å². The van der Waals surface area contributed by atoms with Gasteiger partial charge in [-0.2, -0.15) is 5.26 Å². The standard InChI is InChI=1S/C8H11FN2/c9-8(5-10)3-6-1-2-7(4-8)11-6/h6-7,11H,1-4H2. The lowest BCUT2D eigenvalue weighted by Crippen LogP contribution is -2.45. The number of hydrogen-bond acceptors (Lipinski definition) is 2. The molecule has 2 aliphatic rings. The zero-order valence-electron chi connectivity index (χ0n) is 6.31. The molecule has 3 heteroatoms. The molecule has 2 nitrogen and oxygen atoms in total. The number of hydrogen-bond donors (Lipinski definition) is 1. The molecular weight excluding hydrogens is 143 g/mol. The van der Waals surface area contributed by atoms with Crippen molar-refractivity contribution in [3.63, 3.8) is 0 Å². The minimum absolute atomic E-state index is 0.262. The number of nitriles is 1. The Morgan fingerprint density at radius 3 is 2.36 bits per heavy atom. The van der Waals surface area contributed by atoms with E-state index in [9.17, 15) is 4.39 Å². The molecule has 0 amide bonds. The van der Waals surface area contributed by atoms with Crippen molar-refractivity contribution in [2.45, 2.75) is 43.4 Å². The van der Waals surface area contributed by atoms with Crippen molar-refractivity contribution in [2.75, 3.05) is 0 Å². The SMILES string of the molecule is N#CC1(F)CC2CCC(C1)N2. The monoisotopic (exact) mass is 154 g/mol. The average molecular weight is 154 g/mol. The predicted octanol–water partition coefficient (Wildman–Crippen LogP) is 1.13. The molecule has 2 rings (SSSR count). The summed E-state index contributed by atoms with van der Waals surface area (Å²) < 4.78 is 13.4. The zero-order valence-corrected chi connectivity index (χ0v) is 6.31. The van der Waals surface area contributed by atoms with E-state index in [2.05, 4.69) is 5.32 Å². The van der Waals surface area contributed by atoms with E-state index in [1.165, 1.54) is 0 Å². The Morgan fingerprint density at radius 2 is 1.91 bits per heavy atom. The zero-order chi connectivity index (χ0) is 7.90. The minimum Gasteiger partial charge on any atom is -0.311 e. The molecule has 0 aromatic carbocycles. The first-order valence-corrected chi connectivity index (χ1v) is 4.08. The van der Waals surface area contributed by atoms with Gasteiger partial charge in [-0.1, -0.05) is 0 Å². The van der Waals surface area contributed by atoms with Crippen LogP contribution in [0.4, 0.5) is 4.39 Å². The summed E-state index contributed by atoms with van der Waals surface area (Å²) in [4.78, 5) is 0. The number of halogens is 1. The summed E-state index contributed by atoms with van der Waals surface area (Å²) in [6.07, 6.45) is 2.86. The molecule has 2 atom stereocenters. The molecule has 2 bridgehead atoms. The fraction of sp³-hybridized carbons (Fsp3) is 0.875. The third-order valence-corrected chi connectivity index (χ3v) is 2.68. The number of alkyl halides is 1. The first kappa shape index (κ1) is 7.05. The average Bonchev–Trinajstić information content (AvgIpc) is 2.31. The Kier molecular flexibility index (Phi) is 1.40. The van der Waals surface area contributed by atoms with E-state index in [4.69, 9.17) is 5.26 Å². The maximum atomic E-state index is 13.4. The fourth-order valence-corrected chi connectivity index (χ4v) is 2.18. The van der Waals surface area contributed by atoms with E-state index in [1.54, 1.807) is 6.07 Å². The van der Waals surface area contributed by atoms with Crippen LogP contribution in [-0.4, -0.2) is 17.8 Å². The molecule has 1 N–H and O–H groups in total. The highest BCUT2D eigenvalue weighted by molar-refractivity contribution is 5.10. The lowest BCUT2D eigenvalue weighted by Gasteiger charge is -2.29. The number of piperidine rings is 1. The van der Waals surface area contributed by atoms with Gasteiger partial charge >= 0.3 is 0 Å². The Balaban J connectivity index is 2.15. The van der Waals surface area contributed by atoms with Crippen LogP contribution in [0.5, 0.6) is 0 Å². The molecule has 0 aliphatic carbocycles. The van der Waals surface area contributed by atoms with Crippen LogP contribution in [0.25, 0.3) is 0 Å². The van der Waals surface area contributed by atoms with Crippen LogP contribution < -0.4 is 5.32 Å². The molecule has 2 heterocycles. The third-order valence-electron chi connectivity index (χ3n) is 2.68. The summed E-state index contributed by atoms with van der Waals surface area (Å²) in [5.41, 5.74) is -1.53. The molecule has 0 spiro atoms. The molecule has 0 saturated carbocycles. The van der Waals surface area contributed by atoms with Gasteiger partial charge in [0.05, 0.1) is 0 Å². The van der Waals surface area contributed by atoms with Gasteiger partial charge < -0.3 is 5.32 Å². The Labute approximate surface area is 65.4 Å². The van der Waals surface area contributed by atoms with Crippen molar-refractivity contribution in [1.29, 1.82) is 5.26 Å². The Hall–Kier alpha value is -0.620. The highest BCUT2D eigenvalue weighted by Crippen LogP contribution is 2.35. The van der Waals surface area contributed by atoms with Crippen molar-refractivity contribution in [3.05, 3.63) is 0 Å². The minimum atomic E-state index is -1.53. The molecular formula is C8H11FN2. The normalized spacial score (nSPS) is 48.7. The Bertz CT molecular complexity index is 197. The van der Waals surface area contributed by atoms with Crippen molar-refractivity contribution < 1.29 is 4.39 Å². The van der Waals surface area contributed by atoms with Crippen LogP contribution in [-0.2, 0) is 0 Å². The number of fused-ring (bicyclic) bond motifs is 2. The van der Waals surface area contributed by atoms with E-state index in [0.717, 1.165) is 12.8 Å². The van der Waals surface area contributed by atoms with Crippen LogP contribution in [0, 0.1) is 11.3 Å². The molecule has 2 saturated heterocycles. The van der Waals surface area contributed by atoms with Crippen molar-refractivity contribution in [3.8, 4) is 6.07 Å². The summed E-state index contributed by atoms with van der Waals surface area (Å²) in [6.45, 7) is 0. The van der Waals surface area contributed by atoms with Gasteiger partial charge in [0.25, 0.3) is 0 Å².